The van der Waals surface area contributed by atoms with E-state index < -0.39 is 6.03 Å². The van der Waals surface area contributed by atoms with Crippen LogP contribution in [0.4, 0.5) is 4.79 Å². The second-order valence-electron chi connectivity index (χ2n) is 4.21. The molecule has 0 aliphatic heterocycles. The van der Waals surface area contributed by atoms with E-state index in [-0.39, 0.29) is 24.2 Å². The van der Waals surface area contributed by atoms with Crippen LogP contribution < -0.4 is 10.6 Å². The minimum Gasteiger partial charge on any atom is -0.335 e. The molecule has 1 unspecified atom stereocenters. The van der Waals surface area contributed by atoms with Crippen LogP contribution in [0.2, 0.25) is 0 Å². The Kier molecular flexibility index (Phi) is 9.92. The third kappa shape index (κ3) is 10.1. The fourth-order valence-electron chi connectivity index (χ4n) is 1.48. The number of nitrogens with one attached hydrogen (secondary N) is 2. The number of unbranched alkanes of at least 4 members (excludes halogenated alkanes) is 3. The summed E-state index contributed by atoms with van der Waals surface area (Å²) in [5.41, 5.74) is 0. The van der Waals surface area contributed by atoms with Gasteiger partial charge in [0, 0.05) is 18.3 Å². The van der Waals surface area contributed by atoms with Gasteiger partial charge in [-0.2, -0.15) is 0 Å². The first-order valence-corrected chi connectivity index (χ1v) is 6.79. The molecule has 0 aliphatic rings. The fraction of sp³-hybridized carbons (Fsp3) is 0.833. The van der Waals surface area contributed by atoms with Gasteiger partial charge in [-0.3, -0.25) is 10.1 Å². The standard InChI is InChI=1S/C12H23ClN2O2/c1-3-4-5-6-7-10(2)14-12(17)15-11(16)8-9-13/h10H,3-9H2,1-2H3,(H2,14,15,16,17). The first kappa shape index (κ1) is 16.2. The zero-order valence-electron chi connectivity index (χ0n) is 10.7. The summed E-state index contributed by atoms with van der Waals surface area (Å²) in [4.78, 5) is 22.4. The first-order chi connectivity index (χ1) is 8.10. The molecule has 4 nitrogen and oxygen atoms in total. The average Bonchev–Trinajstić information content (AvgIpc) is 2.24. The van der Waals surface area contributed by atoms with Crippen molar-refractivity contribution < 1.29 is 9.59 Å². The van der Waals surface area contributed by atoms with Gasteiger partial charge in [0.2, 0.25) is 5.91 Å². The van der Waals surface area contributed by atoms with Crippen molar-refractivity contribution in [2.75, 3.05) is 5.88 Å². The Morgan fingerprint density at radius 3 is 2.53 bits per heavy atom. The molecule has 0 aliphatic carbocycles. The smallest absolute Gasteiger partial charge is 0.321 e. The average molecular weight is 263 g/mol. The van der Waals surface area contributed by atoms with Gasteiger partial charge in [-0.25, -0.2) is 4.79 Å². The van der Waals surface area contributed by atoms with Crippen molar-refractivity contribution in [1.29, 1.82) is 0 Å². The number of halogens is 1. The molecule has 0 aromatic rings. The molecule has 5 heteroatoms. The zero-order chi connectivity index (χ0) is 13.1. The predicted octanol–water partition coefficient (Wildman–Crippen LogP) is 2.80. The molecular weight excluding hydrogens is 240 g/mol. The Bertz CT molecular complexity index is 235. The SMILES string of the molecule is CCCCCCC(C)NC(=O)NC(=O)CCCl. The monoisotopic (exact) mass is 262 g/mol. The van der Waals surface area contributed by atoms with Crippen molar-refractivity contribution >= 4 is 23.5 Å². The van der Waals surface area contributed by atoms with Crippen molar-refractivity contribution in [3.8, 4) is 0 Å². The summed E-state index contributed by atoms with van der Waals surface area (Å²) in [6.45, 7) is 4.11. The molecule has 1 atom stereocenters. The summed E-state index contributed by atoms with van der Waals surface area (Å²) in [5.74, 6) is -0.109. The predicted molar refractivity (Wildman–Crippen MR) is 70.2 cm³/mol. The number of amides is 3. The minimum atomic E-state index is -0.428. The van der Waals surface area contributed by atoms with Gasteiger partial charge in [0.15, 0.2) is 0 Å². The summed E-state index contributed by atoms with van der Waals surface area (Å²) in [5, 5.41) is 4.97. The normalized spacial score (nSPS) is 11.9. The highest BCUT2D eigenvalue weighted by Gasteiger charge is 2.09. The van der Waals surface area contributed by atoms with Crippen molar-refractivity contribution in [2.24, 2.45) is 0 Å². The molecule has 0 heterocycles. The quantitative estimate of drug-likeness (QED) is 0.522. The lowest BCUT2D eigenvalue weighted by Crippen LogP contribution is -2.43. The van der Waals surface area contributed by atoms with Gasteiger partial charge < -0.3 is 5.32 Å². The van der Waals surface area contributed by atoms with Crippen molar-refractivity contribution in [1.82, 2.24) is 10.6 Å². The van der Waals surface area contributed by atoms with Crippen LogP contribution in [0.25, 0.3) is 0 Å². The van der Waals surface area contributed by atoms with E-state index in [0.29, 0.717) is 0 Å². The van der Waals surface area contributed by atoms with Crippen molar-refractivity contribution in [3.63, 3.8) is 0 Å². The Labute approximate surface area is 108 Å². The number of urea groups is 1. The van der Waals surface area contributed by atoms with E-state index in [4.69, 9.17) is 11.6 Å². The highest BCUT2D eigenvalue weighted by atomic mass is 35.5. The van der Waals surface area contributed by atoms with Crippen LogP contribution in [0.15, 0.2) is 0 Å². The first-order valence-electron chi connectivity index (χ1n) is 6.26. The Balaban J connectivity index is 3.61. The summed E-state index contributed by atoms with van der Waals surface area (Å²) < 4.78 is 0. The molecule has 0 rings (SSSR count). The van der Waals surface area contributed by atoms with Gasteiger partial charge in [-0.05, 0) is 13.3 Å². The van der Waals surface area contributed by atoms with Crippen LogP contribution in [0.3, 0.4) is 0 Å². The third-order valence-corrected chi connectivity index (χ3v) is 2.63. The van der Waals surface area contributed by atoms with Gasteiger partial charge >= 0.3 is 6.03 Å². The summed E-state index contributed by atoms with van der Waals surface area (Å²) in [7, 11) is 0. The highest BCUT2D eigenvalue weighted by Crippen LogP contribution is 2.04. The number of hydrogen-bond acceptors (Lipinski definition) is 2. The van der Waals surface area contributed by atoms with Crippen LogP contribution >= 0.6 is 11.6 Å². The second-order valence-corrected chi connectivity index (χ2v) is 4.59. The molecule has 0 aromatic carbocycles. The minimum absolute atomic E-state index is 0.0932. The molecule has 0 aromatic heterocycles. The number of carbonyl (C=O) groups is 2. The van der Waals surface area contributed by atoms with Crippen LogP contribution in [-0.2, 0) is 4.79 Å². The molecule has 0 radical (unpaired) electrons. The maximum atomic E-state index is 11.3. The summed E-state index contributed by atoms with van der Waals surface area (Å²) >= 11 is 5.39. The molecule has 3 amide bonds. The summed E-state index contributed by atoms with van der Waals surface area (Å²) in [6, 6.07) is -0.334. The van der Waals surface area contributed by atoms with E-state index in [9.17, 15) is 9.59 Å². The second kappa shape index (κ2) is 10.4. The van der Waals surface area contributed by atoms with E-state index in [2.05, 4.69) is 17.6 Å². The number of alkyl halides is 1. The maximum Gasteiger partial charge on any atom is 0.321 e. The molecule has 2 N–H and O–H groups in total. The van der Waals surface area contributed by atoms with Gasteiger partial charge in [-0.15, -0.1) is 11.6 Å². The molecule has 0 bridgehead atoms. The number of carbonyl (C=O) groups excluding carboxylic acids is 2. The molecule has 0 spiro atoms. The van der Waals surface area contributed by atoms with Gasteiger partial charge in [0.05, 0.1) is 0 Å². The highest BCUT2D eigenvalue weighted by molar-refractivity contribution is 6.19. The lowest BCUT2D eigenvalue weighted by molar-refractivity contribution is -0.119. The number of imide groups is 1. The van der Waals surface area contributed by atoms with E-state index >= 15 is 0 Å². The van der Waals surface area contributed by atoms with Crippen LogP contribution in [0, 0.1) is 0 Å². The van der Waals surface area contributed by atoms with E-state index in [1.54, 1.807) is 0 Å². The Hall–Kier alpha value is -0.770. The van der Waals surface area contributed by atoms with E-state index in [0.717, 1.165) is 12.8 Å². The van der Waals surface area contributed by atoms with Gasteiger partial charge in [0.25, 0.3) is 0 Å². The fourth-order valence-corrected chi connectivity index (χ4v) is 1.66. The van der Waals surface area contributed by atoms with Crippen LogP contribution in [-0.4, -0.2) is 23.9 Å². The molecular formula is C12H23ClN2O2. The molecule has 100 valence electrons. The van der Waals surface area contributed by atoms with E-state index in [1.807, 2.05) is 6.92 Å². The molecule has 0 saturated carbocycles. The molecule has 0 saturated heterocycles. The van der Waals surface area contributed by atoms with Crippen molar-refractivity contribution in [2.45, 2.75) is 58.4 Å². The Morgan fingerprint density at radius 1 is 1.24 bits per heavy atom. The lowest BCUT2D eigenvalue weighted by atomic mass is 10.1. The molecule has 0 fully saturated rings. The maximum absolute atomic E-state index is 11.3. The zero-order valence-corrected chi connectivity index (χ0v) is 11.5. The largest absolute Gasteiger partial charge is 0.335 e. The van der Waals surface area contributed by atoms with Gasteiger partial charge in [-0.1, -0.05) is 32.6 Å². The van der Waals surface area contributed by atoms with Gasteiger partial charge in [0.1, 0.15) is 0 Å². The number of rotatable bonds is 8. The summed E-state index contributed by atoms with van der Waals surface area (Å²) in [6.07, 6.45) is 5.83. The molecule has 17 heavy (non-hydrogen) atoms. The third-order valence-electron chi connectivity index (χ3n) is 2.44. The number of hydrogen-bond donors (Lipinski definition) is 2. The topological polar surface area (TPSA) is 58.2 Å². The van der Waals surface area contributed by atoms with Crippen LogP contribution in [0.5, 0.6) is 0 Å². The Morgan fingerprint density at radius 2 is 1.94 bits per heavy atom. The van der Waals surface area contributed by atoms with Crippen LogP contribution in [0.1, 0.15) is 52.4 Å². The van der Waals surface area contributed by atoms with Crippen molar-refractivity contribution in [3.05, 3.63) is 0 Å². The lowest BCUT2D eigenvalue weighted by Gasteiger charge is -2.13. The van der Waals surface area contributed by atoms with E-state index in [1.165, 1.54) is 19.3 Å².